The number of hydrogen-bond acceptors (Lipinski definition) is 3. The molecule has 1 amide bonds. The van der Waals surface area contributed by atoms with Gasteiger partial charge in [0.15, 0.2) is 0 Å². The van der Waals surface area contributed by atoms with Crippen LogP contribution in [-0.4, -0.2) is 17.1 Å². The minimum atomic E-state index is -0.629. The first-order valence-electron chi connectivity index (χ1n) is 6.87. The zero-order valence-electron chi connectivity index (χ0n) is 12.3. The van der Waals surface area contributed by atoms with Crippen LogP contribution in [0.2, 0.25) is 0 Å². The third-order valence-corrected chi connectivity index (χ3v) is 3.37. The molecule has 0 aliphatic carbocycles. The number of anilines is 1. The number of nitrogens with two attached hydrogens (primary N) is 1. The van der Waals surface area contributed by atoms with Crippen LogP contribution in [0.3, 0.4) is 0 Å². The Morgan fingerprint density at radius 1 is 1.19 bits per heavy atom. The van der Waals surface area contributed by atoms with Crippen molar-refractivity contribution in [2.24, 2.45) is 5.73 Å². The summed E-state index contributed by atoms with van der Waals surface area (Å²) in [6, 6.07) is 11.9. The molecule has 2 rings (SSSR count). The van der Waals surface area contributed by atoms with Gasteiger partial charge in [0.2, 0.25) is 5.91 Å². The molecule has 0 aliphatic heterocycles. The third kappa shape index (κ3) is 4.07. The molecular weight excluding hydrogens is 264 g/mol. The molecule has 21 heavy (non-hydrogen) atoms. The maximum atomic E-state index is 12.1. The summed E-state index contributed by atoms with van der Waals surface area (Å²) in [6.07, 6.45) is 0.428. The lowest BCUT2D eigenvalue weighted by Gasteiger charge is -2.14. The van der Waals surface area contributed by atoms with Crippen LogP contribution in [0, 0.1) is 13.8 Å². The number of aromatic hydroxyl groups is 1. The van der Waals surface area contributed by atoms with E-state index in [1.54, 1.807) is 24.3 Å². The van der Waals surface area contributed by atoms with Crippen LogP contribution >= 0.6 is 0 Å². The van der Waals surface area contributed by atoms with Crippen LogP contribution < -0.4 is 11.1 Å². The number of rotatable bonds is 4. The average molecular weight is 284 g/mol. The highest BCUT2D eigenvalue weighted by molar-refractivity contribution is 5.95. The molecule has 2 aromatic carbocycles. The molecule has 0 bridgehead atoms. The first kappa shape index (κ1) is 15.1. The molecule has 0 spiro atoms. The van der Waals surface area contributed by atoms with Gasteiger partial charge in [0.05, 0.1) is 6.04 Å². The normalized spacial score (nSPS) is 12.0. The maximum Gasteiger partial charge on any atom is 0.241 e. The highest BCUT2D eigenvalue weighted by Crippen LogP contribution is 2.17. The van der Waals surface area contributed by atoms with Gasteiger partial charge in [0, 0.05) is 5.69 Å². The summed E-state index contributed by atoms with van der Waals surface area (Å²) in [6.45, 7) is 3.96. The van der Waals surface area contributed by atoms with E-state index in [9.17, 15) is 9.90 Å². The van der Waals surface area contributed by atoms with Gasteiger partial charge in [0.25, 0.3) is 0 Å². The second-order valence-electron chi connectivity index (χ2n) is 5.28. The second kappa shape index (κ2) is 6.41. The summed E-state index contributed by atoms with van der Waals surface area (Å²) in [7, 11) is 0. The molecular formula is C17H20N2O2. The Labute approximate surface area is 124 Å². The number of phenolic OH excluding ortho intramolecular Hbond substituents is 1. The van der Waals surface area contributed by atoms with Crippen molar-refractivity contribution in [3.63, 3.8) is 0 Å². The van der Waals surface area contributed by atoms with Crippen molar-refractivity contribution in [2.45, 2.75) is 26.3 Å². The molecule has 1 atom stereocenters. The maximum absolute atomic E-state index is 12.1. The Balaban J connectivity index is 2.00. The van der Waals surface area contributed by atoms with Gasteiger partial charge in [-0.05, 0) is 49.6 Å². The monoisotopic (exact) mass is 284 g/mol. The molecule has 0 aromatic heterocycles. The van der Waals surface area contributed by atoms with Gasteiger partial charge in [-0.2, -0.15) is 0 Å². The molecule has 0 aliphatic rings. The lowest BCUT2D eigenvalue weighted by molar-refractivity contribution is -0.117. The highest BCUT2D eigenvalue weighted by atomic mass is 16.3. The highest BCUT2D eigenvalue weighted by Gasteiger charge is 2.15. The van der Waals surface area contributed by atoms with Crippen molar-refractivity contribution < 1.29 is 9.90 Å². The number of carbonyl (C=O) groups excluding carboxylic acids is 1. The fraction of sp³-hybridized carbons (Fsp3) is 0.235. The first-order chi connectivity index (χ1) is 9.95. The standard InChI is InChI=1S/C17H20N2O2/c1-11-3-8-16(12(2)9-11)19-17(21)15(18)10-13-4-6-14(20)7-5-13/h3-9,15,20H,10,18H2,1-2H3,(H,19,21). The van der Waals surface area contributed by atoms with Crippen molar-refractivity contribution >= 4 is 11.6 Å². The van der Waals surface area contributed by atoms with E-state index < -0.39 is 6.04 Å². The lowest BCUT2D eigenvalue weighted by Crippen LogP contribution is -2.37. The zero-order valence-corrected chi connectivity index (χ0v) is 12.3. The lowest BCUT2D eigenvalue weighted by atomic mass is 10.1. The quantitative estimate of drug-likeness (QED) is 0.807. The predicted octanol–water partition coefficient (Wildman–Crippen LogP) is 2.52. The fourth-order valence-electron chi connectivity index (χ4n) is 2.16. The Bertz CT molecular complexity index is 636. The number of nitrogens with one attached hydrogen (secondary N) is 1. The summed E-state index contributed by atoms with van der Waals surface area (Å²) >= 11 is 0. The molecule has 0 fully saturated rings. The number of phenols is 1. The van der Waals surface area contributed by atoms with Gasteiger partial charge >= 0.3 is 0 Å². The van der Waals surface area contributed by atoms with Crippen molar-refractivity contribution in [1.82, 2.24) is 0 Å². The van der Waals surface area contributed by atoms with Crippen LogP contribution in [0.4, 0.5) is 5.69 Å². The molecule has 4 heteroatoms. The van der Waals surface area contributed by atoms with E-state index >= 15 is 0 Å². The smallest absolute Gasteiger partial charge is 0.241 e. The van der Waals surface area contributed by atoms with Crippen LogP contribution in [0.5, 0.6) is 5.75 Å². The minimum Gasteiger partial charge on any atom is -0.508 e. The largest absolute Gasteiger partial charge is 0.508 e. The molecule has 0 heterocycles. The van der Waals surface area contributed by atoms with E-state index in [1.807, 2.05) is 32.0 Å². The van der Waals surface area contributed by atoms with Gasteiger partial charge in [-0.1, -0.05) is 29.8 Å². The summed E-state index contributed by atoms with van der Waals surface area (Å²) < 4.78 is 0. The van der Waals surface area contributed by atoms with Gasteiger partial charge in [0.1, 0.15) is 5.75 Å². The fourth-order valence-corrected chi connectivity index (χ4v) is 2.16. The third-order valence-electron chi connectivity index (χ3n) is 3.37. The van der Waals surface area contributed by atoms with Gasteiger partial charge in [-0.3, -0.25) is 4.79 Å². The topological polar surface area (TPSA) is 75.4 Å². The van der Waals surface area contributed by atoms with E-state index in [0.29, 0.717) is 6.42 Å². The van der Waals surface area contributed by atoms with Crippen molar-refractivity contribution in [3.8, 4) is 5.75 Å². The van der Waals surface area contributed by atoms with Crippen LogP contribution in [0.25, 0.3) is 0 Å². The zero-order chi connectivity index (χ0) is 15.4. The Morgan fingerprint density at radius 3 is 2.48 bits per heavy atom. The van der Waals surface area contributed by atoms with Crippen LogP contribution in [-0.2, 0) is 11.2 Å². The van der Waals surface area contributed by atoms with Crippen LogP contribution in [0.1, 0.15) is 16.7 Å². The molecule has 0 radical (unpaired) electrons. The SMILES string of the molecule is Cc1ccc(NC(=O)C(N)Cc2ccc(O)cc2)c(C)c1. The van der Waals surface area contributed by atoms with Crippen molar-refractivity contribution in [3.05, 3.63) is 59.2 Å². The summed E-state index contributed by atoms with van der Waals surface area (Å²) in [5, 5.41) is 12.1. The number of benzene rings is 2. The molecule has 4 N–H and O–H groups in total. The van der Waals surface area contributed by atoms with Crippen molar-refractivity contribution in [1.29, 1.82) is 0 Å². The van der Waals surface area contributed by atoms with Gasteiger partial charge in [-0.25, -0.2) is 0 Å². The number of amides is 1. The summed E-state index contributed by atoms with van der Waals surface area (Å²) in [4.78, 5) is 12.1. The molecule has 1 unspecified atom stereocenters. The second-order valence-corrected chi connectivity index (χ2v) is 5.28. The van der Waals surface area contributed by atoms with E-state index in [-0.39, 0.29) is 11.7 Å². The van der Waals surface area contributed by atoms with Crippen molar-refractivity contribution in [2.75, 3.05) is 5.32 Å². The Hall–Kier alpha value is -2.33. The van der Waals surface area contributed by atoms with Crippen LogP contribution in [0.15, 0.2) is 42.5 Å². The number of carbonyl (C=O) groups is 1. The molecule has 0 saturated heterocycles. The molecule has 0 saturated carbocycles. The number of hydrogen-bond donors (Lipinski definition) is 3. The van der Waals surface area contributed by atoms with E-state index in [4.69, 9.17) is 5.73 Å². The molecule has 2 aromatic rings. The van der Waals surface area contributed by atoms with E-state index in [1.165, 1.54) is 0 Å². The summed E-state index contributed by atoms with van der Waals surface area (Å²) in [5.74, 6) is -0.0120. The molecule has 4 nitrogen and oxygen atoms in total. The summed E-state index contributed by atoms with van der Waals surface area (Å²) in [5.41, 5.74) is 9.80. The predicted molar refractivity (Wildman–Crippen MR) is 84.3 cm³/mol. The minimum absolute atomic E-state index is 0.201. The first-order valence-corrected chi connectivity index (χ1v) is 6.87. The Morgan fingerprint density at radius 2 is 1.86 bits per heavy atom. The van der Waals surface area contributed by atoms with E-state index in [0.717, 1.165) is 22.4 Å². The van der Waals surface area contributed by atoms with Gasteiger partial charge in [-0.15, -0.1) is 0 Å². The number of aryl methyl sites for hydroxylation is 2. The van der Waals surface area contributed by atoms with E-state index in [2.05, 4.69) is 5.32 Å². The molecule has 110 valence electrons. The Kier molecular flexibility index (Phi) is 4.60. The average Bonchev–Trinajstić information content (AvgIpc) is 2.44. The van der Waals surface area contributed by atoms with Gasteiger partial charge < -0.3 is 16.2 Å².